The first-order valence-corrected chi connectivity index (χ1v) is 4.36. The van der Waals surface area contributed by atoms with Crippen LogP contribution in [-0.2, 0) is 14.3 Å². The average Bonchev–Trinajstić information content (AvgIpc) is 2.03. The first-order chi connectivity index (χ1) is 6.57. The van der Waals surface area contributed by atoms with Crippen molar-refractivity contribution in [1.29, 1.82) is 0 Å². The van der Waals surface area contributed by atoms with E-state index in [0.29, 0.717) is 6.10 Å². The maximum Gasteiger partial charge on any atom is 0.414 e. The second-order valence-corrected chi connectivity index (χ2v) is 2.76. The zero-order valence-corrected chi connectivity index (χ0v) is 8.02. The van der Waals surface area contributed by atoms with Crippen LogP contribution in [0.25, 0.3) is 0 Å². The smallest absolute Gasteiger partial charge is 0.414 e. The van der Waals surface area contributed by atoms with E-state index in [-0.39, 0.29) is 0 Å². The first kappa shape index (κ1) is 12.9. The highest BCUT2D eigenvalue weighted by atomic mass is 16.5. The summed E-state index contributed by atoms with van der Waals surface area (Å²) >= 11 is 0. The molecule has 1 fully saturated rings. The van der Waals surface area contributed by atoms with Gasteiger partial charge in [0.15, 0.2) is 0 Å². The number of nitrogens with one attached hydrogen (secondary N) is 1. The third-order valence-corrected chi connectivity index (χ3v) is 1.48. The number of aliphatic carboxylic acids is 2. The van der Waals surface area contributed by atoms with Crippen molar-refractivity contribution < 1.29 is 24.5 Å². The number of rotatable bonds is 3. The molecule has 0 aromatic carbocycles. The minimum Gasteiger partial charge on any atom is -0.473 e. The third kappa shape index (κ3) is 6.38. The lowest BCUT2D eigenvalue weighted by molar-refractivity contribution is -0.159. The lowest BCUT2D eigenvalue weighted by Gasteiger charge is -2.26. The fourth-order valence-corrected chi connectivity index (χ4v) is 0.665. The highest BCUT2D eigenvalue weighted by molar-refractivity contribution is 6.27. The Kier molecular flexibility index (Phi) is 6.69. The third-order valence-electron chi connectivity index (χ3n) is 1.48. The van der Waals surface area contributed by atoms with Gasteiger partial charge in [-0.1, -0.05) is 6.92 Å². The number of carbonyl (C=O) groups is 2. The molecule has 0 atom stereocenters. The standard InChI is InChI=1S/C6H13NO.C2H2O4/c1-2-3-8-6-4-7-5-6;3-1(4)2(5)6/h6-7H,2-5H2,1H3;(H,3,4)(H,5,6). The van der Waals surface area contributed by atoms with Crippen molar-refractivity contribution in [1.82, 2.24) is 5.32 Å². The molecule has 1 aliphatic heterocycles. The zero-order valence-electron chi connectivity index (χ0n) is 8.02. The number of carboxylic acid groups (broad SMARTS) is 2. The molecule has 3 N–H and O–H groups in total. The second kappa shape index (κ2) is 7.28. The Hall–Kier alpha value is -1.14. The summed E-state index contributed by atoms with van der Waals surface area (Å²) < 4.78 is 5.36. The lowest BCUT2D eigenvalue weighted by Crippen LogP contribution is -2.48. The molecule has 0 aromatic rings. The van der Waals surface area contributed by atoms with Crippen LogP contribution in [0.15, 0.2) is 0 Å². The summed E-state index contributed by atoms with van der Waals surface area (Å²) in [4.78, 5) is 18.2. The second-order valence-electron chi connectivity index (χ2n) is 2.76. The Balaban J connectivity index is 0.000000255. The molecule has 14 heavy (non-hydrogen) atoms. The Morgan fingerprint density at radius 1 is 1.36 bits per heavy atom. The van der Waals surface area contributed by atoms with Gasteiger partial charge in [0.2, 0.25) is 0 Å². The van der Waals surface area contributed by atoms with Crippen LogP contribution >= 0.6 is 0 Å². The fourth-order valence-electron chi connectivity index (χ4n) is 0.665. The van der Waals surface area contributed by atoms with E-state index in [9.17, 15) is 0 Å². The van der Waals surface area contributed by atoms with Crippen molar-refractivity contribution in [3.63, 3.8) is 0 Å². The van der Waals surface area contributed by atoms with E-state index in [1.165, 1.54) is 0 Å². The quantitative estimate of drug-likeness (QED) is 0.539. The van der Waals surface area contributed by atoms with Crippen LogP contribution in [0, 0.1) is 0 Å². The summed E-state index contributed by atoms with van der Waals surface area (Å²) in [6.45, 7) is 5.17. The molecule has 6 heteroatoms. The maximum absolute atomic E-state index is 9.10. The topological polar surface area (TPSA) is 95.9 Å². The van der Waals surface area contributed by atoms with E-state index in [1.54, 1.807) is 0 Å². The van der Waals surface area contributed by atoms with Crippen LogP contribution in [0.4, 0.5) is 0 Å². The first-order valence-electron chi connectivity index (χ1n) is 4.36. The van der Waals surface area contributed by atoms with Gasteiger partial charge in [0, 0.05) is 19.7 Å². The van der Waals surface area contributed by atoms with E-state index in [2.05, 4.69) is 12.2 Å². The van der Waals surface area contributed by atoms with Crippen molar-refractivity contribution in [2.45, 2.75) is 19.4 Å². The molecule has 0 unspecified atom stereocenters. The Labute approximate surface area is 81.9 Å². The summed E-state index contributed by atoms with van der Waals surface area (Å²) in [6, 6.07) is 0. The highest BCUT2D eigenvalue weighted by Crippen LogP contribution is 1.97. The van der Waals surface area contributed by atoms with Crippen LogP contribution < -0.4 is 5.32 Å². The molecule has 0 aromatic heterocycles. The van der Waals surface area contributed by atoms with Crippen LogP contribution in [0.5, 0.6) is 0 Å². The molecular weight excluding hydrogens is 190 g/mol. The summed E-state index contributed by atoms with van der Waals surface area (Å²) in [6.07, 6.45) is 1.66. The molecule has 1 aliphatic rings. The molecule has 0 amide bonds. The molecular formula is C8H15NO5. The number of hydrogen-bond acceptors (Lipinski definition) is 4. The van der Waals surface area contributed by atoms with Crippen LogP contribution in [-0.4, -0.2) is 48.0 Å². The monoisotopic (exact) mass is 205 g/mol. The van der Waals surface area contributed by atoms with Crippen LogP contribution in [0.1, 0.15) is 13.3 Å². The van der Waals surface area contributed by atoms with Gasteiger partial charge in [-0.3, -0.25) is 0 Å². The molecule has 1 heterocycles. The maximum atomic E-state index is 9.10. The normalized spacial score (nSPS) is 14.9. The molecule has 82 valence electrons. The van der Waals surface area contributed by atoms with Crippen LogP contribution in [0.2, 0.25) is 0 Å². The summed E-state index contributed by atoms with van der Waals surface area (Å²) in [5.74, 6) is -3.65. The van der Waals surface area contributed by atoms with Gasteiger partial charge in [-0.05, 0) is 6.42 Å². The molecule has 1 rings (SSSR count). The predicted molar refractivity (Wildman–Crippen MR) is 48.2 cm³/mol. The van der Waals surface area contributed by atoms with E-state index < -0.39 is 11.9 Å². The van der Waals surface area contributed by atoms with Gasteiger partial charge in [0.1, 0.15) is 0 Å². The van der Waals surface area contributed by atoms with E-state index >= 15 is 0 Å². The van der Waals surface area contributed by atoms with Gasteiger partial charge < -0.3 is 20.3 Å². The molecule has 6 nitrogen and oxygen atoms in total. The molecule has 0 bridgehead atoms. The fraction of sp³-hybridized carbons (Fsp3) is 0.750. The van der Waals surface area contributed by atoms with Gasteiger partial charge in [-0.2, -0.15) is 0 Å². The van der Waals surface area contributed by atoms with Gasteiger partial charge in [0.05, 0.1) is 6.10 Å². The van der Waals surface area contributed by atoms with Crippen molar-refractivity contribution in [3.05, 3.63) is 0 Å². The molecule has 1 saturated heterocycles. The lowest BCUT2D eigenvalue weighted by atomic mass is 10.2. The van der Waals surface area contributed by atoms with Gasteiger partial charge in [-0.25, -0.2) is 9.59 Å². The van der Waals surface area contributed by atoms with Crippen molar-refractivity contribution in [2.75, 3.05) is 19.7 Å². The molecule has 0 spiro atoms. The average molecular weight is 205 g/mol. The number of hydrogen-bond donors (Lipinski definition) is 3. The van der Waals surface area contributed by atoms with Crippen molar-refractivity contribution in [3.8, 4) is 0 Å². The largest absolute Gasteiger partial charge is 0.473 e. The summed E-state index contributed by atoms with van der Waals surface area (Å²) in [5, 5.41) is 17.9. The van der Waals surface area contributed by atoms with Gasteiger partial charge in [0.25, 0.3) is 0 Å². The van der Waals surface area contributed by atoms with Crippen molar-refractivity contribution >= 4 is 11.9 Å². The summed E-state index contributed by atoms with van der Waals surface area (Å²) in [5.41, 5.74) is 0. The minimum absolute atomic E-state index is 0.523. The Morgan fingerprint density at radius 3 is 2.07 bits per heavy atom. The van der Waals surface area contributed by atoms with Gasteiger partial charge in [-0.15, -0.1) is 0 Å². The Bertz CT molecular complexity index is 178. The predicted octanol–water partition coefficient (Wildman–Crippen LogP) is -0.460. The van der Waals surface area contributed by atoms with Crippen LogP contribution in [0.3, 0.4) is 0 Å². The number of ether oxygens (including phenoxy) is 1. The molecule has 0 aliphatic carbocycles. The van der Waals surface area contributed by atoms with Crippen molar-refractivity contribution in [2.24, 2.45) is 0 Å². The minimum atomic E-state index is -1.82. The highest BCUT2D eigenvalue weighted by Gasteiger charge is 2.15. The zero-order chi connectivity index (χ0) is 11.0. The number of carboxylic acids is 2. The van der Waals surface area contributed by atoms with E-state index in [4.69, 9.17) is 24.5 Å². The summed E-state index contributed by atoms with van der Waals surface area (Å²) in [7, 11) is 0. The SMILES string of the molecule is CCCOC1CNC1.O=C(O)C(=O)O. The van der Waals surface area contributed by atoms with Gasteiger partial charge >= 0.3 is 11.9 Å². The Morgan fingerprint density at radius 2 is 1.86 bits per heavy atom. The molecule has 0 radical (unpaired) electrons. The van der Waals surface area contributed by atoms with E-state index in [0.717, 1.165) is 26.1 Å². The molecule has 0 saturated carbocycles. The van der Waals surface area contributed by atoms with E-state index in [1.807, 2.05) is 0 Å².